The maximum Gasteiger partial charge on any atom is 0.137 e. The summed E-state index contributed by atoms with van der Waals surface area (Å²) in [6, 6.07) is 7.50. The van der Waals surface area contributed by atoms with Crippen LogP contribution in [0.4, 0.5) is 0 Å². The highest BCUT2D eigenvalue weighted by Crippen LogP contribution is 2.20. The van der Waals surface area contributed by atoms with Gasteiger partial charge in [-0.05, 0) is 24.6 Å². The molecule has 0 saturated carbocycles. The first-order chi connectivity index (χ1) is 9.29. The second-order valence-electron chi connectivity index (χ2n) is 4.34. The van der Waals surface area contributed by atoms with Crippen LogP contribution < -0.4 is 4.74 Å². The molecule has 0 aliphatic rings. The first-order valence-corrected chi connectivity index (χ1v) is 6.45. The van der Waals surface area contributed by atoms with Crippen molar-refractivity contribution in [1.29, 1.82) is 0 Å². The van der Waals surface area contributed by atoms with Crippen molar-refractivity contribution in [2.75, 3.05) is 6.61 Å². The minimum Gasteiger partial charge on any atom is -0.492 e. The summed E-state index contributed by atoms with van der Waals surface area (Å²) >= 11 is 0. The Kier molecular flexibility index (Phi) is 4.86. The topological polar surface area (TPSA) is 55.2 Å². The van der Waals surface area contributed by atoms with E-state index in [0.717, 1.165) is 17.7 Å². The molecule has 0 aliphatic carbocycles. The summed E-state index contributed by atoms with van der Waals surface area (Å²) < 4.78 is 5.51. The molecule has 2 aromatic heterocycles. The Morgan fingerprint density at radius 3 is 2.95 bits per heavy atom. The van der Waals surface area contributed by atoms with E-state index in [2.05, 4.69) is 9.97 Å². The fourth-order valence-electron chi connectivity index (χ4n) is 1.75. The molecule has 2 heterocycles. The van der Waals surface area contributed by atoms with E-state index >= 15 is 0 Å². The number of pyridine rings is 2. The summed E-state index contributed by atoms with van der Waals surface area (Å²) in [5.74, 6) is 0.694. The molecule has 1 unspecified atom stereocenters. The van der Waals surface area contributed by atoms with Crippen molar-refractivity contribution >= 4 is 0 Å². The first kappa shape index (κ1) is 13.5. The molecule has 0 saturated heterocycles. The predicted octanol–water partition coefficient (Wildman–Crippen LogP) is 2.54. The Morgan fingerprint density at radius 1 is 1.32 bits per heavy atom. The summed E-state index contributed by atoms with van der Waals surface area (Å²) in [6.07, 6.45) is 5.84. The third kappa shape index (κ3) is 4.03. The molecule has 1 N–H and O–H groups in total. The SMILES string of the molecule is CCCOc1cncc(C(O)Cc2ccccn2)c1. The molecule has 4 nitrogen and oxygen atoms in total. The second kappa shape index (κ2) is 6.85. The van der Waals surface area contributed by atoms with Gasteiger partial charge in [-0.25, -0.2) is 0 Å². The summed E-state index contributed by atoms with van der Waals surface area (Å²) in [6.45, 7) is 2.70. The number of hydrogen-bond acceptors (Lipinski definition) is 4. The van der Waals surface area contributed by atoms with E-state index in [1.54, 1.807) is 18.6 Å². The molecule has 0 fully saturated rings. The monoisotopic (exact) mass is 258 g/mol. The van der Waals surface area contributed by atoms with Crippen LogP contribution in [0.5, 0.6) is 5.75 Å². The maximum atomic E-state index is 10.2. The van der Waals surface area contributed by atoms with Crippen LogP contribution in [0, 0.1) is 0 Å². The molecule has 2 rings (SSSR count). The first-order valence-electron chi connectivity index (χ1n) is 6.45. The number of rotatable bonds is 6. The molecule has 4 heteroatoms. The van der Waals surface area contributed by atoms with Crippen molar-refractivity contribution in [3.05, 3.63) is 54.1 Å². The van der Waals surface area contributed by atoms with Crippen LogP contribution in [0.25, 0.3) is 0 Å². The molecule has 2 aromatic rings. The highest BCUT2D eigenvalue weighted by molar-refractivity contribution is 5.26. The lowest BCUT2D eigenvalue weighted by atomic mass is 10.1. The lowest BCUT2D eigenvalue weighted by Gasteiger charge is -2.11. The van der Waals surface area contributed by atoms with E-state index in [9.17, 15) is 5.11 Å². The van der Waals surface area contributed by atoms with Gasteiger partial charge in [0.1, 0.15) is 5.75 Å². The number of hydrogen-bond donors (Lipinski definition) is 1. The van der Waals surface area contributed by atoms with E-state index < -0.39 is 6.10 Å². The standard InChI is InChI=1S/C15H18N2O2/c1-2-7-19-14-8-12(10-16-11-14)15(18)9-13-5-3-4-6-17-13/h3-6,8,10-11,15,18H,2,7,9H2,1H3. The van der Waals surface area contributed by atoms with Crippen molar-refractivity contribution in [3.8, 4) is 5.75 Å². The lowest BCUT2D eigenvalue weighted by molar-refractivity contribution is 0.176. The van der Waals surface area contributed by atoms with Gasteiger partial charge < -0.3 is 9.84 Å². The molecule has 0 spiro atoms. The Labute approximate surface area is 113 Å². The van der Waals surface area contributed by atoms with E-state index in [4.69, 9.17) is 4.74 Å². The van der Waals surface area contributed by atoms with Gasteiger partial charge in [0.25, 0.3) is 0 Å². The van der Waals surface area contributed by atoms with Gasteiger partial charge in [-0.3, -0.25) is 9.97 Å². The van der Waals surface area contributed by atoms with Crippen LogP contribution in [-0.2, 0) is 6.42 Å². The van der Waals surface area contributed by atoms with Crippen molar-refractivity contribution in [1.82, 2.24) is 9.97 Å². The Bertz CT molecular complexity index is 503. The number of aliphatic hydroxyl groups is 1. The van der Waals surface area contributed by atoms with Gasteiger partial charge in [0, 0.05) is 30.1 Å². The lowest BCUT2D eigenvalue weighted by Crippen LogP contribution is -2.04. The molecular weight excluding hydrogens is 240 g/mol. The van der Waals surface area contributed by atoms with Gasteiger partial charge in [0.2, 0.25) is 0 Å². The Morgan fingerprint density at radius 2 is 2.21 bits per heavy atom. The molecule has 0 aliphatic heterocycles. The maximum absolute atomic E-state index is 10.2. The third-order valence-corrected chi connectivity index (χ3v) is 2.72. The Balaban J connectivity index is 2.04. The zero-order valence-electron chi connectivity index (χ0n) is 11.0. The van der Waals surface area contributed by atoms with Gasteiger partial charge in [-0.2, -0.15) is 0 Å². The van der Waals surface area contributed by atoms with Crippen molar-refractivity contribution in [3.63, 3.8) is 0 Å². The van der Waals surface area contributed by atoms with Gasteiger partial charge in [-0.15, -0.1) is 0 Å². The van der Waals surface area contributed by atoms with Crippen LogP contribution in [0.2, 0.25) is 0 Å². The molecule has 0 bridgehead atoms. The minimum absolute atomic E-state index is 0.472. The Hall–Kier alpha value is -1.94. The summed E-state index contributed by atoms with van der Waals surface area (Å²) in [5.41, 5.74) is 1.61. The highest BCUT2D eigenvalue weighted by Gasteiger charge is 2.10. The molecule has 0 radical (unpaired) electrons. The van der Waals surface area contributed by atoms with E-state index in [0.29, 0.717) is 18.8 Å². The van der Waals surface area contributed by atoms with Crippen LogP contribution >= 0.6 is 0 Å². The summed E-state index contributed by atoms with van der Waals surface area (Å²) in [5, 5.41) is 10.2. The molecule has 1 atom stereocenters. The van der Waals surface area contributed by atoms with E-state index in [1.165, 1.54) is 0 Å². The number of nitrogens with zero attached hydrogens (tertiary/aromatic N) is 2. The van der Waals surface area contributed by atoms with Gasteiger partial charge >= 0.3 is 0 Å². The fraction of sp³-hybridized carbons (Fsp3) is 0.333. The van der Waals surface area contributed by atoms with Crippen molar-refractivity contribution < 1.29 is 9.84 Å². The van der Waals surface area contributed by atoms with Crippen LogP contribution in [0.1, 0.15) is 30.7 Å². The zero-order valence-corrected chi connectivity index (χ0v) is 11.0. The predicted molar refractivity (Wildman–Crippen MR) is 72.9 cm³/mol. The smallest absolute Gasteiger partial charge is 0.137 e. The molecule has 0 amide bonds. The van der Waals surface area contributed by atoms with Crippen LogP contribution in [0.15, 0.2) is 42.9 Å². The normalized spacial score (nSPS) is 12.1. The highest BCUT2D eigenvalue weighted by atomic mass is 16.5. The third-order valence-electron chi connectivity index (χ3n) is 2.72. The van der Waals surface area contributed by atoms with Gasteiger partial charge in [-0.1, -0.05) is 13.0 Å². The number of aliphatic hydroxyl groups excluding tert-OH is 1. The van der Waals surface area contributed by atoms with E-state index in [1.807, 2.05) is 31.2 Å². The molecule has 0 aromatic carbocycles. The molecule has 19 heavy (non-hydrogen) atoms. The number of ether oxygens (including phenoxy) is 1. The second-order valence-corrected chi connectivity index (χ2v) is 4.34. The van der Waals surface area contributed by atoms with Gasteiger partial charge in [0.05, 0.1) is 18.9 Å². The largest absolute Gasteiger partial charge is 0.492 e. The van der Waals surface area contributed by atoms with Gasteiger partial charge in [0.15, 0.2) is 0 Å². The summed E-state index contributed by atoms with van der Waals surface area (Å²) in [4.78, 5) is 8.30. The van der Waals surface area contributed by atoms with Crippen LogP contribution in [0.3, 0.4) is 0 Å². The average Bonchev–Trinajstić information content (AvgIpc) is 2.46. The van der Waals surface area contributed by atoms with Crippen molar-refractivity contribution in [2.45, 2.75) is 25.9 Å². The quantitative estimate of drug-likeness (QED) is 0.865. The minimum atomic E-state index is -0.618. The van der Waals surface area contributed by atoms with Crippen LogP contribution in [-0.4, -0.2) is 21.7 Å². The number of aromatic nitrogens is 2. The summed E-state index contributed by atoms with van der Waals surface area (Å²) in [7, 11) is 0. The molecular formula is C15H18N2O2. The average molecular weight is 258 g/mol. The van der Waals surface area contributed by atoms with E-state index in [-0.39, 0.29) is 0 Å². The zero-order chi connectivity index (χ0) is 13.5. The molecule has 100 valence electrons. The van der Waals surface area contributed by atoms with Crippen molar-refractivity contribution in [2.24, 2.45) is 0 Å². The fourth-order valence-corrected chi connectivity index (χ4v) is 1.75.